The molecule has 0 unspecified atom stereocenters. The van der Waals surface area contributed by atoms with Crippen LogP contribution in [0.15, 0.2) is 0 Å². The predicted octanol–water partition coefficient (Wildman–Crippen LogP) is 2.87. The van der Waals surface area contributed by atoms with Crippen molar-refractivity contribution in [3.05, 3.63) is 0 Å². The standard InChI is InChI=1S/C13H24O4/c1-11(2,3)13(7,12(4,5)6)8(9(14)15)10(16)17/h8H,1-7H3,(H,14,15)(H,16,17). The first-order chi connectivity index (χ1) is 7.26. The van der Waals surface area contributed by atoms with Gasteiger partial charge in [-0.15, -0.1) is 0 Å². The third kappa shape index (κ3) is 2.61. The maximum atomic E-state index is 11.3. The summed E-state index contributed by atoms with van der Waals surface area (Å²) in [4.78, 5) is 22.6. The Labute approximate surface area is 103 Å². The molecule has 4 nitrogen and oxygen atoms in total. The molecule has 17 heavy (non-hydrogen) atoms. The van der Waals surface area contributed by atoms with Gasteiger partial charge in [-0.2, -0.15) is 0 Å². The van der Waals surface area contributed by atoms with E-state index < -0.39 is 34.1 Å². The van der Waals surface area contributed by atoms with Crippen LogP contribution in [-0.2, 0) is 9.59 Å². The molecule has 0 radical (unpaired) electrons. The van der Waals surface area contributed by atoms with E-state index in [9.17, 15) is 19.8 Å². The molecular formula is C13H24O4. The Kier molecular flexibility index (Phi) is 4.05. The van der Waals surface area contributed by atoms with Crippen molar-refractivity contribution in [2.45, 2.75) is 48.5 Å². The fourth-order valence-corrected chi connectivity index (χ4v) is 2.59. The van der Waals surface area contributed by atoms with Crippen LogP contribution in [0.4, 0.5) is 0 Å². The van der Waals surface area contributed by atoms with Gasteiger partial charge >= 0.3 is 11.9 Å². The second kappa shape index (κ2) is 4.31. The van der Waals surface area contributed by atoms with Gasteiger partial charge in [-0.3, -0.25) is 9.59 Å². The van der Waals surface area contributed by atoms with Gasteiger partial charge in [-0.25, -0.2) is 0 Å². The Morgan fingerprint density at radius 2 is 1.00 bits per heavy atom. The summed E-state index contributed by atoms with van der Waals surface area (Å²) in [6.07, 6.45) is 0. The number of rotatable bonds is 3. The van der Waals surface area contributed by atoms with Crippen molar-refractivity contribution < 1.29 is 19.8 Å². The minimum absolute atomic E-state index is 0.438. The highest BCUT2D eigenvalue weighted by atomic mass is 16.4. The number of hydrogen-bond donors (Lipinski definition) is 2. The van der Waals surface area contributed by atoms with E-state index >= 15 is 0 Å². The van der Waals surface area contributed by atoms with Gasteiger partial charge in [-0.1, -0.05) is 48.5 Å². The van der Waals surface area contributed by atoms with Crippen molar-refractivity contribution in [2.75, 3.05) is 0 Å². The zero-order valence-corrected chi connectivity index (χ0v) is 11.8. The van der Waals surface area contributed by atoms with E-state index in [1.807, 2.05) is 41.5 Å². The van der Waals surface area contributed by atoms with Gasteiger partial charge < -0.3 is 10.2 Å². The van der Waals surface area contributed by atoms with E-state index in [0.29, 0.717) is 0 Å². The summed E-state index contributed by atoms with van der Waals surface area (Å²) < 4.78 is 0. The molecule has 0 rings (SSSR count). The van der Waals surface area contributed by atoms with Crippen molar-refractivity contribution >= 4 is 11.9 Å². The lowest BCUT2D eigenvalue weighted by Crippen LogP contribution is -2.54. The Balaban J connectivity index is 5.96. The fraction of sp³-hybridized carbons (Fsp3) is 0.846. The zero-order valence-electron chi connectivity index (χ0n) is 11.8. The highest BCUT2D eigenvalue weighted by molar-refractivity contribution is 5.94. The average Bonchev–Trinajstić information content (AvgIpc) is 1.97. The highest BCUT2D eigenvalue weighted by Gasteiger charge is 2.57. The first kappa shape index (κ1) is 15.9. The van der Waals surface area contributed by atoms with Crippen LogP contribution in [0, 0.1) is 22.2 Å². The first-order valence-electron chi connectivity index (χ1n) is 5.72. The van der Waals surface area contributed by atoms with Crippen LogP contribution in [-0.4, -0.2) is 22.2 Å². The summed E-state index contributed by atoms with van der Waals surface area (Å²) in [5.41, 5.74) is -1.74. The number of carbonyl (C=O) groups is 2. The number of hydrogen-bond acceptors (Lipinski definition) is 2. The van der Waals surface area contributed by atoms with E-state index in [2.05, 4.69) is 0 Å². The molecule has 0 amide bonds. The molecule has 0 aromatic heterocycles. The summed E-state index contributed by atoms with van der Waals surface area (Å²) >= 11 is 0. The molecule has 0 atom stereocenters. The van der Waals surface area contributed by atoms with Crippen LogP contribution in [0.5, 0.6) is 0 Å². The molecule has 0 bridgehead atoms. The van der Waals surface area contributed by atoms with E-state index in [0.717, 1.165) is 0 Å². The summed E-state index contributed by atoms with van der Waals surface area (Å²) in [6, 6.07) is 0. The summed E-state index contributed by atoms with van der Waals surface area (Å²) in [7, 11) is 0. The molecule has 2 N–H and O–H groups in total. The maximum Gasteiger partial charge on any atom is 0.318 e. The van der Waals surface area contributed by atoms with E-state index in [-0.39, 0.29) is 0 Å². The third-order valence-electron chi connectivity index (χ3n) is 4.19. The summed E-state index contributed by atoms with van der Waals surface area (Å²) in [5, 5.41) is 18.5. The van der Waals surface area contributed by atoms with E-state index in [4.69, 9.17) is 0 Å². The van der Waals surface area contributed by atoms with Crippen molar-refractivity contribution in [1.82, 2.24) is 0 Å². The quantitative estimate of drug-likeness (QED) is 0.748. The van der Waals surface area contributed by atoms with Gasteiger partial charge in [0.25, 0.3) is 0 Å². The van der Waals surface area contributed by atoms with Gasteiger partial charge in [0.2, 0.25) is 0 Å². The molecule has 0 aliphatic carbocycles. The Hall–Kier alpha value is -1.06. The molecule has 0 aliphatic rings. The average molecular weight is 244 g/mol. The van der Waals surface area contributed by atoms with E-state index in [1.165, 1.54) is 0 Å². The molecule has 0 saturated carbocycles. The third-order valence-corrected chi connectivity index (χ3v) is 4.19. The molecule has 100 valence electrons. The normalized spacial score (nSPS) is 13.9. The van der Waals surface area contributed by atoms with Gasteiger partial charge in [0.05, 0.1) is 0 Å². The van der Waals surface area contributed by atoms with E-state index in [1.54, 1.807) is 6.92 Å². The van der Waals surface area contributed by atoms with Crippen molar-refractivity contribution in [3.63, 3.8) is 0 Å². The SMILES string of the molecule is CC(C)(C)C(C)(C(C(=O)O)C(=O)O)C(C)(C)C. The first-order valence-corrected chi connectivity index (χ1v) is 5.72. The minimum atomic E-state index is -1.41. The zero-order chi connectivity index (χ0) is 14.2. The summed E-state index contributed by atoms with van der Waals surface area (Å²) in [6.45, 7) is 13.1. The van der Waals surface area contributed by atoms with Crippen molar-refractivity contribution in [3.8, 4) is 0 Å². The van der Waals surface area contributed by atoms with Crippen LogP contribution in [0.1, 0.15) is 48.5 Å². The Morgan fingerprint density at radius 3 is 1.06 bits per heavy atom. The monoisotopic (exact) mass is 244 g/mol. The van der Waals surface area contributed by atoms with Gasteiger partial charge in [-0.05, 0) is 10.8 Å². The lowest BCUT2D eigenvalue weighted by atomic mass is 9.50. The molecular weight excluding hydrogens is 220 g/mol. The Morgan fingerprint density at radius 1 is 0.765 bits per heavy atom. The molecule has 0 saturated heterocycles. The van der Waals surface area contributed by atoms with Crippen LogP contribution >= 0.6 is 0 Å². The van der Waals surface area contributed by atoms with Gasteiger partial charge in [0, 0.05) is 5.41 Å². The van der Waals surface area contributed by atoms with Crippen LogP contribution in [0.2, 0.25) is 0 Å². The molecule has 0 heterocycles. The molecule has 0 aliphatic heterocycles. The van der Waals surface area contributed by atoms with Crippen LogP contribution in [0.25, 0.3) is 0 Å². The highest BCUT2D eigenvalue weighted by Crippen LogP contribution is 2.56. The minimum Gasteiger partial charge on any atom is -0.481 e. The van der Waals surface area contributed by atoms with Gasteiger partial charge in [0.15, 0.2) is 5.92 Å². The fourth-order valence-electron chi connectivity index (χ4n) is 2.59. The number of carboxylic acid groups (broad SMARTS) is 2. The number of carboxylic acids is 2. The second-order valence-electron chi connectivity index (χ2n) is 6.81. The molecule has 0 aromatic carbocycles. The largest absolute Gasteiger partial charge is 0.481 e. The summed E-state index contributed by atoms with van der Waals surface area (Å²) in [5.74, 6) is -3.96. The maximum absolute atomic E-state index is 11.3. The molecule has 0 fully saturated rings. The second-order valence-corrected chi connectivity index (χ2v) is 6.81. The van der Waals surface area contributed by atoms with Crippen LogP contribution < -0.4 is 0 Å². The molecule has 0 aromatic rings. The lowest BCUT2D eigenvalue weighted by molar-refractivity contribution is -0.175. The molecule has 0 spiro atoms. The van der Waals surface area contributed by atoms with Gasteiger partial charge in [0.1, 0.15) is 0 Å². The van der Waals surface area contributed by atoms with Crippen molar-refractivity contribution in [2.24, 2.45) is 22.2 Å². The molecule has 4 heteroatoms. The Bertz CT molecular complexity index is 289. The van der Waals surface area contributed by atoms with Crippen molar-refractivity contribution in [1.29, 1.82) is 0 Å². The smallest absolute Gasteiger partial charge is 0.318 e. The van der Waals surface area contributed by atoms with Crippen LogP contribution in [0.3, 0.4) is 0 Å². The number of aliphatic carboxylic acids is 2. The topological polar surface area (TPSA) is 74.6 Å². The lowest BCUT2D eigenvalue weighted by Gasteiger charge is -2.53. The predicted molar refractivity (Wildman–Crippen MR) is 65.8 cm³/mol.